The van der Waals surface area contributed by atoms with Crippen LogP contribution in [0.25, 0.3) is 0 Å². The Morgan fingerprint density at radius 1 is 0.973 bits per heavy atom. The maximum absolute atomic E-state index is 13.7. The number of ketones is 1. The van der Waals surface area contributed by atoms with Gasteiger partial charge in [0.05, 0.1) is 18.7 Å². The van der Waals surface area contributed by atoms with Crippen molar-refractivity contribution in [3.63, 3.8) is 0 Å². The van der Waals surface area contributed by atoms with Crippen LogP contribution in [-0.4, -0.2) is 24.5 Å². The summed E-state index contributed by atoms with van der Waals surface area (Å²) in [5, 5.41) is 3.02. The van der Waals surface area contributed by atoms with Gasteiger partial charge in [-0.3, -0.25) is 14.6 Å². The van der Waals surface area contributed by atoms with Crippen LogP contribution < -0.4 is 14.8 Å². The van der Waals surface area contributed by atoms with Crippen LogP contribution in [0.3, 0.4) is 0 Å². The number of carbonyl (C=O) groups excluding carboxylic acids is 2. The monoisotopic (exact) mass is 494 g/mol. The van der Waals surface area contributed by atoms with Crippen molar-refractivity contribution in [2.24, 2.45) is 10.9 Å². The van der Waals surface area contributed by atoms with Gasteiger partial charge in [0.2, 0.25) is 5.91 Å². The molecule has 1 aliphatic heterocycles. The minimum absolute atomic E-state index is 0.0713. The van der Waals surface area contributed by atoms with Crippen LogP contribution in [0.15, 0.2) is 95.1 Å². The predicted octanol–water partition coefficient (Wildman–Crippen LogP) is 6.09. The highest BCUT2D eigenvalue weighted by molar-refractivity contribution is 6.13. The van der Waals surface area contributed by atoms with E-state index in [9.17, 15) is 9.59 Å². The number of nitrogens with zero attached hydrogens (tertiary/aromatic N) is 1. The second-order valence-electron chi connectivity index (χ2n) is 9.38. The lowest BCUT2D eigenvalue weighted by molar-refractivity contribution is -0.119. The first-order valence-corrected chi connectivity index (χ1v) is 12.6. The van der Waals surface area contributed by atoms with Crippen LogP contribution in [0.2, 0.25) is 0 Å². The molecule has 3 aromatic carbocycles. The standard InChI is InChI=1S/C31H30N2O4/c1-20-28(31(35)33-24-11-6-7-14-27(24)36-2)29(30-25(32-20)12-8-13-26(30)34)22-15-17-23(18-16-22)37-19-21-9-4-3-5-10-21/h3-7,9-11,14-18,28-29H,8,12-13,19H2,1-2H3,(H,33,35)/t28?,29-/m1/s1. The molecule has 188 valence electrons. The van der Waals surface area contributed by atoms with Gasteiger partial charge in [-0.1, -0.05) is 54.6 Å². The zero-order chi connectivity index (χ0) is 25.8. The van der Waals surface area contributed by atoms with Crippen LogP contribution >= 0.6 is 0 Å². The van der Waals surface area contributed by atoms with Gasteiger partial charge in [0, 0.05) is 29.3 Å². The molecule has 0 saturated heterocycles. The van der Waals surface area contributed by atoms with Crippen LogP contribution in [-0.2, 0) is 16.2 Å². The van der Waals surface area contributed by atoms with E-state index in [4.69, 9.17) is 14.5 Å². The Morgan fingerprint density at radius 2 is 1.70 bits per heavy atom. The van der Waals surface area contributed by atoms with Crippen molar-refractivity contribution in [2.75, 3.05) is 12.4 Å². The zero-order valence-corrected chi connectivity index (χ0v) is 21.1. The molecule has 1 amide bonds. The second-order valence-corrected chi connectivity index (χ2v) is 9.38. The number of allylic oxidation sites excluding steroid dienone is 2. The largest absolute Gasteiger partial charge is 0.495 e. The van der Waals surface area contributed by atoms with E-state index in [0.717, 1.165) is 35.4 Å². The first-order chi connectivity index (χ1) is 18.0. The molecule has 2 atom stereocenters. The van der Waals surface area contributed by atoms with Crippen molar-refractivity contribution in [3.8, 4) is 11.5 Å². The Kier molecular flexibility index (Phi) is 7.17. The summed E-state index contributed by atoms with van der Waals surface area (Å²) in [6, 6.07) is 25.0. The smallest absolute Gasteiger partial charge is 0.234 e. The minimum Gasteiger partial charge on any atom is -0.495 e. The molecule has 0 saturated carbocycles. The normalized spacial score (nSPS) is 19.1. The number of ether oxygens (including phenoxy) is 2. The quantitative estimate of drug-likeness (QED) is 0.431. The highest BCUT2D eigenvalue weighted by Crippen LogP contribution is 2.44. The Bertz CT molecular complexity index is 1360. The molecule has 3 aromatic rings. The first-order valence-electron chi connectivity index (χ1n) is 12.6. The molecule has 0 aromatic heterocycles. The molecule has 0 bridgehead atoms. The molecule has 0 fully saturated rings. The number of Topliss-reactive ketones (excluding diaryl/α,β-unsaturated/α-hetero) is 1. The molecule has 1 N–H and O–H groups in total. The maximum atomic E-state index is 13.7. The molecular formula is C31H30N2O4. The van der Waals surface area contributed by atoms with Crippen molar-refractivity contribution >= 4 is 23.1 Å². The topological polar surface area (TPSA) is 77.0 Å². The van der Waals surface area contributed by atoms with E-state index in [1.807, 2.05) is 73.7 Å². The third-order valence-electron chi connectivity index (χ3n) is 6.97. The van der Waals surface area contributed by atoms with Gasteiger partial charge < -0.3 is 14.8 Å². The summed E-state index contributed by atoms with van der Waals surface area (Å²) in [7, 11) is 1.57. The number of hydrogen-bond donors (Lipinski definition) is 1. The Morgan fingerprint density at radius 3 is 2.46 bits per heavy atom. The van der Waals surface area contributed by atoms with Crippen molar-refractivity contribution < 1.29 is 19.1 Å². The minimum atomic E-state index is -0.623. The molecule has 6 nitrogen and oxygen atoms in total. The number of anilines is 1. The number of benzene rings is 3. The maximum Gasteiger partial charge on any atom is 0.234 e. The van der Waals surface area contributed by atoms with Gasteiger partial charge in [-0.2, -0.15) is 0 Å². The number of para-hydroxylation sites is 2. The molecule has 0 spiro atoms. The SMILES string of the molecule is COc1ccccc1NC(=O)C1C(C)=NC2=C(C(=O)CCC2)[C@@H]1c1ccc(OCc2ccccc2)cc1. The molecule has 1 heterocycles. The Balaban J connectivity index is 1.46. The third kappa shape index (κ3) is 5.19. The van der Waals surface area contributed by atoms with Gasteiger partial charge in [0.15, 0.2) is 5.78 Å². The fraction of sp³-hybridized carbons (Fsp3) is 0.258. The summed E-state index contributed by atoms with van der Waals surface area (Å²) in [5.41, 5.74) is 4.74. The van der Waals surface area contributed by atoms with Gasteiger partial charge in [0.25, 0.3) is 0 Å². The predicted molar refractivity (Wildman–Crippen MR) is 144 cm³/mol. The molecule has 2 aliphatic rings. The van der Waals surface area contributed by atoms with E-state index >= 15 is 0 Å². The fourth-order valence-corrected chi connectivity index (χ4v) is 5.18. The van der Waals surface area contributed by atoms with Gasteiger partial charge in [-0.05, 0) is 55.2 Å². The van der Waals surface area contributed by atoms with Crippen molar-refractivity contribution in [1.82, 2.24) is 0 Å². The van der Waals surface area contributed by atoms with E-state index in [0.29, 0.717) is 35.7 Å². The third-order valence-corrected chi connectivity index (χ3v) is 6.97. The average Bonchev–Trinajstić information content (AvgIpc) is 2.92. The van der Waals surface area contributed by atoms with E-state index in [2.05, 4.69) is 5.32 Å². The van der Waals surface area contributed by atoms with E-state index in [-0.39, 0.29) is 11.7 Å². The van der Waals surface area contributed by atoms with Crippen molar-refractivity contribution in [3.05, 3.63) is 101 Å². The number of hydrogen-bond acceptors (Lipinski definition) is 5. The molecule has 5 rings (SSSR count). The molecule has 37 heavy (non-hydrogen) atoms. The highest BCUT2D eigenvalue weighted by atomic mass is 16.5. The lowest BCUT2D eigenvalue weighted by atomic mass is 9.71. The second kappa shape index (κ2) is 10.8. The number of amides is 1. The van der Waals surface area contributed by atoms with E-state index < -0.39 is 11.8 Å². The molecule has 1 unspecified atom stereocenters. The number of methoxy groups -OCH3 is 1. The first kappa shape index (κ1) is 24.5. The lowest BCUT2D eigenvalue weighted by Gasteiger charge is -2.35. The average molecular weight is 495 g/mol. The van der Waals surface area contributed by atoms with Gasteiger partial charge >= 0.3 is 0 Å². The number of carbonyl (C=O) groups is 2. The summed E-state index contributed by atoms with van der Waals surface area (Å²) in [6.07, 6.45) is 2.00. The number of rotatable bonds is 7. The van der Waals surface area contributed by atoms with E-state index in [1.165, 1.54) is 0 Å². The highest BCUT2D eigenvalue weighted by Gasteiger charge is 2.42. The fourth-order valence-electron chi connectivity index (χ4n) is 5.18. The van der Waals surface area contributed by atoms with Crippen molar-refractivity contribution in [1.29, 1.82) is 0 Å². The lowest BCUT2D eigenvalue weighted by Crippen LogP contribution is -2.39. The van der Waals surface area contributed by atoms with Crippen LogP contribution in [0.5, 0.6) is 11.5 Å². The van der Waals surface area contributed by atoms with Crippen molar-refractivity contribution in [2.45, 2.75) is 38.7 Å². The number of nitrogens with one attached hydrogen (secondary N) is 1. The molecule has 1 aliphatic carbocycles. The summed E-state index contributed by atoms with van der Waals surface area (Å²) < 4.78 is 11.4. The molecular weight excluding hydrogens is 464 g/mol. The van der Waals surface area contributed by atoms with E-state index in [1.54, 1.807) is 19.2 Å². The zero-order valence-electron chi connectivity index (χ0n) is 21.1. The summed E-state index contributed by atoms with van der Waals surface area (Å²) >= 11 is 0. The van der Waals surface area contributed by atoms with Crippen LogP contribution in [0.1, 0.15) is 43.2 Å². The summed E-state index contributed by atoms with van der Waals surface area (Å²) in [6.45, 7) is 2.34. The van der Waals surface area contributed by atoms with Crippen LogP contribution in [0, 0.1) is 5.92 Å². The van der Waals surface area contributed by atoms with Gasteiger partial charge in [-0.25, -0.2) is 0 Å². The van der Waals surface area contributed by atoms with Gasteiger partial charge in [0.1, 0.15) is 18.1 Å². The van der Waals surface area contributed by atoms with Gasteiger partial charge in [-0.15, -0.1) is 0 Å². The Hall–Kier alpha value is -4.19. The Labute approximate surface area is 217 Å². The number of aliphatic imine (C=N–C) groups is 1. The van der Waals surface area contributed by atoms with Crippen LogP contribution in [0.4, 0.5) is 5.69 Å². The summed E-state index contributed by atoms with van der Waals surface area (Å²) in [5.74, 6) is 0.117. The molecule has 0 radical (unpaired) electrons. The molecule has 6 heteroatoms. The summed E-state index contributed by atoms with van der Waals surface area (Å²) in [4.78, 5) is 31.7.